The summed E-state index contributed by atoms with van der Waals surface area (Å²) in [7, 11) is 0. The summed E-state index contributed by atoms with van der Waals surface area (Å²) in [6, 6.07) is 0. The molecule has 0 spiro atoms. The summed E-state index contributed by atoms with van der Waals surface area (Å²) in [5.74, 6) is -3.62. The highest BCUT2D eigenvalue weighted by Crippen LogP contribution is 2.52. The van der Waals surface area contributed by atoms with E-state index in [-0.39, 0.29) is 23.8 Å². The molecule has 0 bridgehead atoms. The van der Waals surface area contributed by atoms with Crippen LogP contribution in [0.15, 0.2) is 36.5 Å². The van der Waals surface area contributed by atoms with E-state index >= 15 is 0 Å². The van der Waals surface area contributed by atoms with E-state index in [9.17, 15) is 24.6 Å². The summed E-state index contributed by atoms with van der Waals surface area (Å²) in [6.07, 6.45) is -1.67. The largest absolute Gasteiger partial charge is 0.459 e. The molecule has 3 fully saturated rings. The first-order valence-corrected chi connectivity index (χ1v) is 8.85. The van der Waals surface area contributed by atoms with Gasteiger partial charge in [-0.15, -0.1) is 0 Å². The van der Waals surface area contributed by atoms with Crippen LogP contribution in [0.3, 0.4) is 0 Å². The molecule has 7 unspecified atom stereocenters. The van der Waals surface area contributed by atoms with Crippen molar-refractivity contribution in [1.29, 1.82) is 0 Å². The lowest BCUT2D eigenvalue weighted by molar-refractivity contribution is -0.175. The number of Topliss-reactive ketones (excluding diaryl/α,β-unsaturated/α-hetero) is 1. The molecule has 1 aliphatic heterocycles. The average molecular weight is 376 g/mol. The molecule has 27 heavy (non-hydrogen) atoms. The molecule has 7 heteroatoms. The summed E-state index contributed by atoms with van der Waals surface area (Å²) in [5, 5.41) is 20.3. The van der Waals surface area contributed by atoms with Crippen molar-refractivity contribution in [2.75, 3.05) is 0 Å². The second-order valence-corrected chi connectivity index (χ2v) is 7.81. The van der Waals surface area contributed by atoms with Crippen LogP contribution in [-0.4, -0.2) is 51.8 Å². The minimum atomic E-state index is -2.29. The quantitative estimate of drug-likeness (QED) is 0.325. The molecule has 3 rings (SSSR count). The van der Waals surface area contributed by atoms with E-state index < -0.39 is 47.6 Å². The highest BCUT2D eigenvalue weighted by molar-refractivity contribution is 6.05. The zero-order valence-electron chi connectivity index (χ0n) is 15.4. The van der Waals surface area contributed by atoms with Gasteiger partial charge in [0.05, 0.1) is 12.0 Å². The molecule has 2 saturated carbocycles. The highest BCUT2D eigenvalue weighted by atomic mass is 16.6. The van der Waals surface area contributed by atoms with Crippen LogP contribution in [0.25, 0.3) is 0 Å². The van der Waals surface area contributed by atoms with Gasteiger partial charge in [0.1, 0.15) is 12.2 Å². The van der Waals surface area contributed by atoms with Crippen LogP contribution < -0.4 is 0 Å². The van der Waals surface area contributed by atoms with Gasteiger partial charge in [0, 0.05) is 17.9 Å². The summed E-state index contributed by atoms with van der Waals surface area (Å²) in [6.45, 7) is 14.0. The highest BCUT2D eigenvalue weighted by Gasteiger charge is 2.57. The maximum absolute atomic E-state index is 12.4. The minimum absolute atomic E-state index is 0.155. The Labute approximate surface area is 157 Å². The molecule has 7 nitrogen and oxygen atoms in total. The van der Waals surface area contributed by atoms with Gasteiger partial charge in [0.2, 0.25) is 5.60 Å². The topological polar surface area (TPSA) is 110 Å². The van der Waals surface area contributed by atoms with Gasteiger partial charge in [-0.3, -0.25) is 4.79 Å². The number of carbonyl (C=O) groups is 3. The third kappa shape index (κ3) is 2.95. The van der Waals surface area contributed by atoms with Crippen molar-refractivity contribution in [3.8, 4) is 0 Å². The minimum Gasteiger partial charge on any atom is -0.459 e. The molecule has 0 aromatic carbocycles. The fraction of sp³-hybridized carbons (Fsp3) is 0.550. The zero-order valence-corrected chi connectivity index (χ0v) is 15.4. The monoisotopic (exact) mass is 376 g/mol. The molecule has 0 radical (unpaired) electrons. The maximum Gasteiger partial charge on any atom is 0.345 e. The van der Waals surface area contributed by atoms with Crippen LogP contribution >= 0.6 is 0 Å². The smallest absolute Gasteiger partial charge is 0.345 e. The Balaban J connectivity index is 1.97. The van der Waals surface area contributed by atoms with Gasteiger partial charge in [-0.05, 0) is 31.8 Å². The molecular formula is C20H24O7. The Morgan fingerprint density at radius 2 is 1.89 bits per heavy atom. The summed E-state index contributed by atoms with van der Waals surface area (Å²) in [4.78, 5) is 36.1. The fourth-order valence-electron chi connectivity index (χ4n) is 4.27. The van der Waals surface area contributed by atoms with E-state index in [0.717, 1.165) is 19.4 Å². The maximum atomic E-state index is 12.4. The lowest BCUT2D eigenvalue weighted by Gasteiger charge is -2.29. The molecule has 0 aromatic rings. The SMILES string of the molecule is C=C1CC(OC(=O)C(C)(O)C(C)=O)C2C(=C)C(=O)OC2C2C(=C)C(O)CC12. The van der Waals surface area contributed by atoms with Gasteiger partial charge < -0.3 is 19.7 Å². The molecular weight excluding hydrogens is 352 g/mol. The van der Waals surface area contributed by atoms with Crippen molar-refractivity contribution in [2.24, 2.45) is 17.8 Å². The van der Waals surface area contributed by atoms with Crippen LogP contribution in [0.2, 0.25) is 0 Å². The van der Waals surface area contributed by atoms with Crippen molar-refractivity contribution < 1.29 is 34.1 Å². The number of carbonyl (C=O) groups excluding carboxylic acids is 3. The second-order valence-electron chi connectivity index (χ2n) is 7.81. The van der Waals surface area contributed by atoms with Crippen molar-refractivity contribution in [2.45, 2.75) is 50.6 Å². The van der Waals surface area contributed by atoms with Crippen LogP contribution in [0.4, 0.5) is 0 Å². The van der Waals surface area contributed by atoms with Gasteiger partial charge in [-0.2, -0.15) is 0 Å². The second kappa shape index (κ2) is 6.42. The lowest BCUT2D eigenvalue weighted by Crippen LogP contribution is -2.46. The van der Waals surface area contributed by atoms with Crippen molar-refractivity contribution >= 4 is 17.7 Å². The molecule has 7 atom stereocenters. The molecule has 0 aromatic heterocycles. The van der Waals surface area contributed by atoms with Gasteiger partial charge >= 0.3 is 11.9 Å². The molecule has 2 N–H and O–H groups in total. The molecule has 1 saturated heterocycles. The number of esters is 2. The Morgan fingerprint density at radius 3 is 2.48 bits per heavy atom. The van der Waals surface area contributed by atoms with Crippen LogP contribution in [-0.2, 0) is 23.9 Å². The number of ketones is 1. The van der Waals surface area contributed by atoms with E-state index in [1.54, 1.807) is 0 Å². The standard InChI is InChI=1S/C20H24O7/c1-8-6-14(26-19(24)20(5,25)11(4)21)16-10(3)18(23)27-17(16)15-9(2)13(22)7-12(8)15/h12-17,22,25H,1-3,6-7H2,4-5H3. The first-order chi connectivity index (χ1) is 12.5. The number of aliphatic hydroxyl groups excluding tert-OH is 1. The van der Waals surface area contributed by atoms with Gasteiger partial charge in [-0.1, -0.05) is 25.3 Å². The van der Waals surface area contributed by atoms with E-state index in [1.807, 2.05) is 0 Å². The van der Waals surface area contributed by atoms with Crippen molar-refractivity contribution in [3.63, 3.8) is 0 Å². The lowest BCUT2D eigenvalue weighted by atomic mass is 9.81. The fourth-order valence-corrected chi connectivity index (χ4v) is 4.27. The van der Waals surface area contributed by atoms with Crippen molar-refractivity contribution in [1.82, 2.24) is 0 Å². The average Bonchev–Trinajstić information content (AvgIpc) is 2.99. The Bertz CT molecular complexity index is 762. The summed E-state index contributed by atoms with van der Waals surface area (Å²) in [5.41, 5.74) is -0.843. The molecule has 2 aliphatic carbocycles. The first kappa shape index (κ1) is 19.5. The molecule has 146 valence electrons. The van der Waals surface area contributed by atoms with Gasteiger partial charge in [-0.25, -0.2) is 9.59 Å². The summed E-state index contributed by atoms with van der Waals surface area (Å²) >= 11 is 0. The van der Waals surface area contributed by atoms with E-state index in [2.05, 4.69) is 19.7 Å². The third-order valence-electron chi connectivity index (χ3n) is 6.11. The van der Waals surface area contributed by atoms with Gasteiger partial charge in [0.15, 0.2) is 5.78 Å². The van der Waals surface area contributed by atoms with E-state index in [0.29, 0.717) is 12.0 Å². The first-order valence-electron chi connectivity index (χ1n) is 8.85. The third-order valence-corrected chi connectivity index (χ3v) is 6.11. The predicted molar refractivity (Wildman–Crippen MR) is 94.2 cm³/mol. The van der Waals surface area contributed by atoms with E-state index in [1.165, 1.54) is 0 Å². The van der Waals surface area contributed by atoms with Gasteiger partial charge in [0.25, 0.3) is 0 Å². The zero-order chi connectivity index (χ0) is 20.3. The number of hydrogen-bond donors (Lipinski definition) is 2. The predicted octanol–water partition coefficient (Wildman–Crippen LogP) is 0.849. The van der Waals surface area contributed by atoms with E-state index in [4.69, 9.17) is 9.47 Å². The molecule has 3 aliphatic rings. The molecule has 1 heterocycles. The number of hydrogen-bond acceptors (Lipinski definition) is 7. The normalized spacial score (nSPS) is 37.8. The number of ether oxygens (including phenoxy) is 2. The van der Waals surface area contributed by atoms with Crippen LogP contribution in [0.5, 0.6) is 0 Å². The van der Waals surface area contributed by atoms with Crippen molar-refractivity contribution in [3.05, 3.63) is 36.5 Å². The number of rotatable bonds is 3. The van der Waals surface area contributed by atoms with Crippen LogP contribution in [0.1, 0.15) is 26.7 Å². The Morgan fingerprint density at radius 1 is 1.26 bits per heavy atom. The summed E-state index contributed by atoms with van der Waals surface area (Å²) < 4.78 is 11.0. The number of fused-ring (bicyclic) bond motifs is 3. The Hall–Kier alpha value is -2.25. The Kier molecular flexibility index (Phi) is 4.64. The number of aliphatic hydroxyl groups is 2. The molecule has 0 amide bonds. The van der Waals surface area contributed by atoms with Crippen LogP contribution in [0, 0.1) is 17.8 Å².